The molecule has 0 amide bonds. The fourth-order valence-corrected chi connectivity index (χ4v) is 6.62. The van der Waals surface area contributed by atoms with Gasteiger partial charge in [-0.2, -0.15) is 0 Å². The third-order valence-corrected chi connectivity index (χ3v) is 10.1. The molecule has 0 bridgehead atoms. The molecule has 0 saturated heterocycles. The number of rotatable bonds is 6. The second-order valence-electron chi connectivity index (χ2n) is 13.6. The van der Waals surface area contributed by atoms with Crippen LogP contribution in [-0.4, -0.2) is 39.7 Å². The third kappa shape index (κ3) is 6.61. The summed E-state index contributed by atoms with van der Waals surface area (Å²) in [5, 5.41) is 0.830. The summed E-state index contributed by atoms with van der Waals surface area (Å²) in [5.74, 6) is 1.61. The van der Waals surface area contributed by atoms with E-state index in [4.69, 9.17) is 18.9 Å². The van der Waals surface area contributed by atoms with E-state index in [0.717, 1.165) is 27.8 Å². The van der Waals surface area contributed by atoms with E-state index in [1.807, 2.05) is 62.6 Å². The number of pyridine rings is 3. The largest absolute Gasteiger partial charge is 0.454 e. The van der Waals surface area contributed by atoms with Gasteiger partial charge >= 0.3 is 0 Å². The van der Waals surface area contributed by atoms with Gasteiger partial charge in [0.2, 0.25) is 24.4 Å². The fourth-order valence-electron chi connectivity index (χ4n) is 6.62. The van der Waals surface area contributed by atoms with Gasteiger partial charge in [0.25, 0.3) is 0 Å². The fraction of sp³-hybridized carbons (Fsp3) is 0.159. The van der Waals surface area contributed by atoms with E-state index in [1.165, 1.54) is 6.20 Å². The van der Waals surface area contributed by atoms with Crippen molar-refractivity contribution < 1.29 is 28.5 Å². The number of aromatic amines is 1. The highest BCUT2D eigenvalue weighted by Crippen LogP contribution is 2.36. The Kier molecular flexibility index (Phi) is 8.98. The van der Waals surface area contributed by atoms with E-state index >= 15 is 0 Å². The van der Waals surface area contributed by atoms with Crippen LogP contribution in [0.2, 0.25) is 0 Å². The molecule has 274 valence electrons. The summed E-state index contributed by atoms with van der Waals surface area (Å²) >= 11 is 0. The van der Waals surface area contributed by atoms with Crippen molar-refractivity contribution in [3.8, 4) is 23.0 Å². The van der Waals surface area contributed by atoms with Gasteiger partial charge in [-0.15, -0.1) is 0 Å². The first-order chi connectivity index (χ1) is 26.5. The molecule has 5 heterocycles. The van der Waals surface area contributed by atoms with Crippen LogP contribution in [0.5, 0.6) is 23.0 Å². The Balaban J connectivity index is 0.000000160. The van der Waals surface area contributed by atoms with Crippen LogP contribution in [0.3, 0.4) is 0 Å². The summed E-state index contributed by atoms with van der Waals surface area (Å²) in [6.45, 7) is 8.56. The average molecular weight is 734 g/mol. The number of nitrogens with one attached hydrogen (secondary N) is 1. The van der Waals surface area contributed by atoms with E-state index in [9.17, 15) is 19.2 Å². The zero-order valence-electron chi connectivity index (χ0n) is 30.5. The van der Waals surface area contributed by atoms with Crippen molar-refractivity contribution in [3.63, 3.8) is 0 Å². The van der Waals surface area contributed by atoms with Crippen molar-refractivity contribution in [1.29, 1.82) is 0 Å². The Bertz CT molecular complexity index is 2820. The third-order valence-electron chi connectivity index (χ3n) is 10.1. The number of fused-ring (bicyclic) bond motifs is 4. The second-order valence-corrected chi connectivity index (χ2v) is 13.6. The van der Waals surface area contributed by atoms with Crippen molar-refractivity contribution in [2.24, 2.45) is 0 Å². The van der Waals surface area contributed by atoms with Gasteiger partial charge in [-0.25, -0.2) is 0 Å². The van der Waals surface area contributed by atoms with Gasteiger partial charge in [0.1, 0.15) is 0 Å². The lowest BCUT2D eigenvalue weighted by Crippen LogP contribution is -2.20. The van der Waals surface area contributed by atoms with Crippen molar-refractivity contribution >= 4 is 33.4 Å². The number of H-pyrrole nitrogens is 1. The van der Waals surface area contributed by atoms with E-state index in [1.54, 1.807) is 61.1 Å². The van der Waals surface area contributed by atoms with Crippen LogP contribution >= 0.6 is 0 Å². The number of nitrogens with zero attached hydrogens (tertiary/aromatic N) is 2. The molecule has 2 aliphatic rings. The summed E-state index contributed by atoms with van der Waals surface area (Å²) in [6, 6.07) is 21.5. The summed E-state index contributed by atoms with van der Waals surface area (Å²) in [4.78, 5) is 59.4. The number of ketones is 2. The van der Waals surface area contributed by atoms with Crippen LogP contribution in [0.25, 0.3) is 21.8 Å². The first kappa shape index (κ1) is 35.0. The number of carbonyl (C=O) groups excluding carboxylic acids is 2. The number of carbonyl (C=O) groups is 2. The molecule has 0 fully saturated rings. The van der Waals surface area contributed by atoms with Crippen LogP contribution in [0.15, 0.2) is 107 Å². The summed E-state index contributed by atoms with van der Waals surface area (Å²) in [5.41, 5.74) is 7.06. The molecule has 0 aliphatic carbocycles. The van der Waals surface area contributed by atoms with Crippen LogP contribution < -0.4 is 29.8 Å². The maximum Gasteiger partial charge on any atom is 0.231 e. The molecule has 0 atom stereocenters. The number of aromatic nitrogens is 3. The average Bonchev–Trinajstić information content (AvgIpc) is 3.86. The minimum atomic E-state index is -0.320. The molecule has 0 unspecified atom stereocenters. The summed E-state index contributed by atoms with van der Waals surface area (Å²) < 4.78 is 23.5. The smallest absolute Gasteiger partial charge is 0.231 e. The minimum absolute atomic E-state index is 0.108. The van der Waals surface area contributed by atoms with Gasteiger partial charge in [0.05, 0.1) is 32.9 Å². The monoisotopic (exact) mass is 733 g/mol. The predicted octanol–water partition coefficient (Wildman–Crippen LogP) is 7.13. The maximum atomic E-state index is 13.4. The zero-order chi connectivity index (χ0) is 38.4. The molecule has 11 nitrogen and oxygen atoms in total. The van der Waals surface area contributed by atoms with Crippen LogP contribution in [0.4, 0.5) is 0 Å². The molecule has 3 aromatic heterocycles. The topological polar surface area (TPSA) is 139 Å². The first-order valence-electron chi connectivity index (χ1n) is 17.6. The van der Waals surface area contributed by atoms with Gasteiger partial charge in [0.15, 0.2) is 34.6 Å². The standard InChI is InChI=1S/C25H20N2O4.C19H15NO4/c1-15-5-6-18(8-16(15)2)24(28)20-13-27(12-17-4-3-7-26-11-17)21-10-23-22(30-14-31-23)9-19(21)25(20)29;1-10-3-4-12(5-11(10)2)18(21)14-8-20-15-7-17-16(23-9-24-17)6-13(15)19(14)22/h3-11,13H,12,14H2,1-2H3;3-8H,9H2,1-2H3,(H,20,22). The Morgan fingerprint density at radius 3 is 1.84 bits per heavy atom. The lowest BCUT2D eigenvalue weighted by Gasteiger charge is -2.14. The SMILES string of the molecule is Cc1ccc(C(=O)c2c[nH]c3cc4c(cc3c2=O)OCO4)cc1C.Cc1ccc(C(=O)c2cn(Cc3cccnc3)c3cc4c(cc3c2=O)OCO4)cc1C. The molecule has 55 heavy (non-hydrogen) atoms. The molecule has 0 spiro atoms. The van der Waals surface area contributed by atoms with E-state index in [2.05, 4.69) is 9.97 Å². The van der Waals surface area contributed by atoms with Crippen molar-refractivity contribution in [3.05, 3.63) is 168 Å². The highest BCUT2D eigenvalue weighted by atomic mass is 16.7. The Labute approximate surface area is 314 Å². The Hall–Kier alpha value is -7.01. The second kappa shape index (κ2) is 14.1. The lowest BCUT2D eigenvalue weighted by atomic mass is 9.98. The molecule has 7 aromatic rings. The number of hydrogen-bond donors (Lipinski definition) is 1. The highest BCUT2D eigenvalue weighted by Gasteiger charge is 2.23. The quantitative estimate of drug-likeness (QED) is 0.177. The Morgan fingerprint density at radius 2 is 1.24 bits per heavy atom. The highest BCUT2D eigenvalue weighted by molar-refractivity contribution is 6.11. The molecular formula is C44H35N3O8. The van der Waals surface area contributed by atoms with Gasteiger partial charge in [0, 0.05) is 54.6 Å². The van der Waals surface area contributed by atoms with E-state index < -0.39 is 0 Å². The lowest BCUT2D eigenvalue weighted by molar-refractivity contribution is 0.102. The molecule has 11 heteroatoms. The molecule has 4 aromatic carbocycles. The number of hydrogen-bond acceptors (Lipinski definition) is 9. The molecule has 2 aliphatic heterocycles. The number of ether oxygens (including phenoxy) is 4. The van der Waals surface area contributed by atoms with Gasteiger partial charge in [-0.3, -0.25) is 24.2 Å². The summed E-state index contributed by atoms with van der Waals surface area (Å²) in [7, 11) is 0. The van der Waals surface area contributed by atoms with Gasteiger partial charge in [-0.1, -0.05) is 30.3 Å². The molecular weight excluding hydrogens is 698 g/mol. The molecule has 1 N–H and O–H groups in total. The zero-order valence-corrected chi connectivity index (χ0v) is 30.5. The van der Waals surface area contributed by atoms with Gasteiger partial charge in [-0.05, 0) is 85.8 Å². The predicted molar refractivity (Wildman–Crippen MR) is 207 cm³/mol. The number of aryl methyl sites for hydroxylation is 4. The Morgan fingerprint density at radius 1 is 0.673 bits per heavy atom. The van der Waals surface area contributed by atoms with Crippen LogP contribution in [0, 0.1) is 27.7 Å². The number of benzene rings is 4. The van der Waals surface area contributed by atoms with Gasteiger partial charge < -0.3 is 28.5 Å². The first-order valence-corrected chi connectivity index (χ1v) is 17.6. The van der Waals surface area contributed by atoms with Crippen molar-refractivity contribution in [2.45, 2.75) is 34.2 Å². The van der Waals surface area contributed by atoms with E-state index in [0.29, 0.717) is 62.5 Å². The van der Waals surface area contributed by atoms with Crippen LogP contribution in [0.1, 0.15) is 59.7 Å². The minimum Gasteiger partial charge on any atom is -0.454 e. The molecule has 9 rings (SSSR count). The maximum absolute atomic E-state index is 13.4. The van der Waals surface area contributed by atoms with E-state index in [-0.39, 0.29) is 47.1 Å². The molecule has 0 radical (unpaired) electrons. The van der Waals surface area contributed by atoms with Crippen LogP contribution in [-0.2, 0) is 6.54 Å². The van der Waals surface area contributed by atoms with Crippen molar-refractivity contribution in [1.82, 2.24) is 14.5 Å². The normalized spacial score (nSPS) is 12.4. The summed E-state index contributed by atoms with van der Waals surface area (Å²) in [6.07, 6.45) is 6.57. The molecule has 0 saturated carbocycles. The van der Waals surface area contributed by atoms with Crippen molar-refractivity contribution in [2.75, 3.05) is 13.6 Å².